The van der Waals surface area contributed by atoms with Gasteiger partial charge >= 0.3 is 5.97 Å². The highest BCUT2D eigenvalue weighted by Crippen LogP contribution is 2.24. The molecule has 0 spiro atoms. The predicted octanol–water partition coefficient (Wildman–Crippen LogP) is 1.21. The van der Waals surface area contributed by atoms with E-state index in [1.54, 1.807) is 0 Å². The summed E-state index contributed by atoms with van der Waals surface area (Å²) < 4.78 is 33.8. The van der Waals surface area contributed by atoms with Gasteiger partial charge in [0.2, 0.25) is 5.60 Å². The number of non-ortho nitro benzene ring substituents is 1. The van der Waals surface area contributed by atoms with Crippen LogP contribution in [0.15, 0.2) is 29.2 Å². The molecule has 0 saturated heterocycles. The normalized spacial score (nSPS) is 13.9. The molecule has 126 valence electrons. The number of nitro benzene ring substituents is 1. The molecule has 1 unspecified atom stereocenters. The smallest absolute Gasteiger partial charge is 0.347 e. The number of hydrogen-bond acceptors (Lipinski definition) is 8. The molecule has 0 fully saturated rings. The Hall–Kier alpha value is -2.33. The molecular formula is C13H15NO8S. The topological polar surface area (TPSA) is 130 Å². The van der Waals surface area contributed by atoms with E-state index in [4.69, 9.17) is 4.18 Å². The Morgan fingerprint density at radius 1 is 1.26 bits per heavy atom. The van der Waals surface area contributed by atoms with Crippen molar-refractivity contribution in [3.05, 3.63) is 34.4 Å². The third kappa shape index (κ3) is 4.11. The van der Waals surface area contributed by atoms with Crippen LogP contribution in [0.4, 0.5) is 5.69 Å². The van der Waals surface area contributed by atoms with Crippen LogP contribution in [0.5, 0.6) is 0 Å². The lowest BCUT2D eigenvalue weighted by molar-refractivity contribution is -0.384. The number of hydrogen-bond donors (Lipinski definition) is 0. The molecule has 0 radical (unpaired) electrons. The van der Waals surface area contributed by atoms with Crippen LogP contribution >= 0.6 is 0 Å². The van der Waals surface area contributed by atoms with Gasteiger partial charge in [0.15, 0.2) is 5.78 Å². The third-order valence-electron chi connectivity index (χ3n) is 2.95. The summed E-state index contributed by atoms with van der Waals surface area (Å²) >= 11 is 0. The Morgan fingerprint density at radius 3 is 2.17 bits per heavy atom. The van der Waals surface area contributed by atoms with E-state index >= 15 is 0 Å². The van der Waals surface area contributed by atoms with Crippen LogP contribution in [0.2, 0.25) is 0 Å². The van der Waals surface area contributed by atoms with E-state index in [9.17, 15) is 28.1 Å². The molecule has 0 heterocycles. The van der Waals surface area contributed by atoms with E-state index in [2.05, 4.69) is 4.74 Å². The Morgan fingerprint density at radius 2 is 1.78 bits per heavy atom. The predicted molar refractivity (Wildman–Crippen MR) is 77.1 cm³/mol. The molecule has 0 aliphatic carbocycles. The Bertz CT molecular complexity index is 725. The van der Waals surface area contributed by atoms with Gasteiger partial charge in [-0.25, -0.2) is 8.98 Å². The standard InChI is InChI=1S/C13H15NO8S/c1-4-21-12(16)13(3,9(2)15)22-23(19,20)11-7-5-10(6-8-11)14(17)18/h5-8H,4H2,1-3H3. The lowest BCUT2D eigenvalue weighted by Crippen LogP contribution is -2.47. The average molecular weight is 345 g/mol. The summed E-state index contributed by atoms with van der Waals surface area (Å²) in [6, 6.07) is 3.82. The van der Waals surface area contributed by atoms with Crippen LogP contribution in [0.25, 0.3) is 0 Å². The molecule has 1 aromatic rings. The van der Waals surface area contributed by atoms with Crippen molar-refractivity contribution >= 4 is 27.6 Å². The maximum Gasteiger partial charge on any atom is 0.347 e. The van der Waals surface area contributed by atoms with Crippen molar-refractivity contribution in [3.8, 4) is 0 Å². The quantitative estimate of drug-likeness (QED) is 0.237. The van der Waals surface area contributed by atoms with Gasteiger partial charge in [0.05, 0.1) is 16.4 Å². The summed E-state index contributed by atoms with van der Waals surface area (Å²) in [4.78, 5) is 32.9. The molecule has 0 aliphatic heterocycles. The summed E-state index contributed by atoms with van der Waals surface area (Å²) in [7, 11) is -4.51. The third-order valence-corrected chi connectivity index (χ3v) is 4.35. The molecule has 0 aliphatic rings. The number of nitrogens with zero attached hydrogens (tertiary/aromatic N) is 1. The molecule has 23 heavy (non-hydrogen) atoms. The van der Waals surface area contributed by atoms with Crippen LogP contribution in [-0.4, -0.2) is 37.3 Å². The maximum absolute atomic E-state index is 12.2. The first-order valence-corrected chi connectivity index (χ1v) is 7.83. The van der Waals surface area contributed by atoms with E-state index in [-0.39, 0.29) is 12.3 Å². The molecule has 9 nitrogen and oxygen atoms in total. The van der Waals surface area contributed by atoms with Gasteiger partial charge in [-0.15, -0.1) is 0 Å². The molecule has 1 rings (SSSR count). The van der Waals surface area contributed by atoms with Crippen LogP contribution in [0.1, 0.15) is 20.8 Å². The van der Waals surface area contributed by atoms with Crippen molar-refractivity contribution in [2.24, 2.45) is 0 Å². The lowest BCUT2D eigenvalue weighted by Gasteiger charge is -2.23. The van der Waals surface area contributed by atoms with Gasteiger partial charge in [-0.1, -0.05) is 0 Å². The number of benzene rings is 1. The first kappa shape index (κ1) is 18.7. The molecule has 0 amide bonds. The highest BCUT2D eigenvalue weighted by molar-refractivity contribution is 7.86. The number of Topliss-reactive ketones (excluding diaryl/α,β-unsaturated/α-hetero) is 1. The van der Waals surface area contributed by atoms with Gasteiger partial charge in [-0.3, -0.25) is 14.9 Å². The molecule has 1 aromatic carbocycles. The maximum atomic E-state index is 12.2. The van der Waals surface area contributed by atoms with Crippen LogP contribution < -0.4 is 0 Å². The molecular weight excluding hydrogens is 330 g/mol. The zero-order valence-corrected chi connectivity index (χ0v) is 13.5. The number of rotatable bonds is 7. The second kappa shape index (κ2) is 6.84. The van der Waals surface area contributed by atoms with Crippen LogP contribution in [0, 0.1) is 10.1 Å². The molecule has 0 saturated carbocycles. The van der Waals surface area contributed by atoms with Crippen LogP contribution in [0.3, 0.4) is 0 Å². The van der Waals surface area contributed by atoms with Crippen molar-refractivity contribution in [2.45, 2.75) is 31.3 Å². The highest BCUT2D eigenvalue weighted by Gasteiger charge is 2.46. The lowest BCUT2D eigenvalue weighted by atomic mass is 10.0. The first-order valence-electron chi connectivity index (χ1n) is 6.43. The largest absolute Gasteiger partial charge is 0.463 e. The fourth-order valence-corrected chi connectivity index (χ4v) is 2.70. The minimum Gasteiger partial charge on any atom is -0.463 e. The minimum atomic E-state index is -4.51. The number of nitro groups is 1. The van der Waals surface area contributed by atoms with Crippen molar-refractivity contribution in [2.75, 3.05) is 6.61 Å². The molecule has 0 bridgehead atoms. The summed E-state index contributed by atoms with van der Waals surface area (Å²) in [5.41, 5.74) is -2.65. The highest BCUT2D eigenvalue weighted by atomic mass is 32.2. The van der Waals surface area contributed by atoms with Crippen molar-refractivity contribution in [3.63, 3.8) is 0 Å². The van der Waals surface area contributed by atoms with Crippen molar-refractivity contribution in [1.82, 2.24) is 0 Å². The van der Waals surface area contributed by atoms with E-state index in [0.29, 0.717) is 0 Å². The van der Waals surface area contributed by atoms with E-state index in [0.717, 1.165) is 38.1 Å². The monoisotopic (exact) mass is 345 g/mol. The van der Waals surface area contributed by atoms with Gasteiger partial charge in [-0.2, -0.15) is 8.42 Å². The first-order chi connectivity index (χ1) is 10.5. The number of carbonyl (C=O) groups excluding carboxylic acids is 2. The minimum absolute atomic E-state index is 0.0668. The Labute approximate surface area is 132 Å². The Kier molecular flexibility index (Phi) is 5.56. The molecule has 10 heteroatoms. The van der Waals surface area contributed by atoms with Gasteiger partial charge < -0.3 is 4.74 Å². The summed E-state index contributed by atoms with van der Waals surface area (Å²) in [5, 5.41) is 10.6. The second-order valence-electron chi connectivity index (χ2n) is 4.60. The van der Waals surface area contributed by atoms with Gasteiger partial charge in [0.1, 0.15) is 0 Å². The van der Waals surface area contributed by atoms with E-state index in [1.165, 1.54) is 6.92 Å². The van der Waals surface area contributed by atoms with E-state index in [1.807, 2.05) is 0 Å². The molecule has 0 aromatic heterocycles. The second-order valence-corrected chi connectivity index (χ2v) is 6.14. The fourth-order valence-electron chi connectivity index (χ4n) is 1.51. The number of esters is 1. The molecule has 0 N–H and O–H groups in total. The SMILES string of the molecule is CCOC(=O)C(C)(OS(=O)(=O)c1ccc([N+](=O)[O-])cc1)C(C)=O. The van der Waals surface area contributed by atoms with E-state index < -0.39 is 37.3 Å². The van der Waals surface area contributed by atoms with Crippen molar-refractivity contribution < 1.29 is 31.9 Å². The summed E-state index contributed by atoms with van der Waals surface area (Å²) in [5.74, 6) is -2.00. The zero-order valence-electron chi connectivity index (χ0n) is 12.6. The number of ether oxygens (including phenoxy) is 1. The summed E-state index contributed by atoms with van der Waals surface area (Å²) in [6.45, 7) is 3.39. The summed E-state index contributed by atoms with van der Waals surface area (Å²) in [6.07, 6.45) is 0. The average Bonchev–Trinajstić information content (AvgIpc) is 2.46. The number of ketones is 1. The van der Waals surface area contributed by atoms with Crippen LogP contribution in [-0.2, 0) is 28.6 Å². The van der Waals surface area contributed by atoms with Gasteiger partial charge in [0.25, 0.3) is 15.8 Å². The number of carbonyl (C=O) groups is 2. The molecule has 1 atom stereocenters. The van der Waals surface area contributed by atoms with Gasteiger partial charge in [0, 0.05) is 12.1 Å². The Balaban J connectivity index is 3.18. The zero-order chi connectivity index (χ0) is 17.8. The fraction of sp³-hybridized carbons (Fsp3) is 0.385. The van der Waals surface area contributed by atoms with Crippen molar-refractivity contribution in [1.29, 1.82) is 0 Å². The van der Waals surface area contributed by atoms with Gasteiger partial charge in [-0.05, 0) is 32.9 Å².